The monoisotopic (exact) mass is 320 g/mol. The molecule has 0 saturated heterocycles. The SMILES string of the molecule is Cc1ncc(N)cc1C(=O)OCc1cccc(Br)c1. The Morgan fingerprint density at radius 3 is 2.95 bits per heavy atom. The predicted octanol–water partition coefficient (Wildman–Crippen LogP) is 3.09. The zero-order valence-corrected chi connectivity index (χ0v) is 12.0. The van der Waals surface area contributed by atoms with Crippen LogP contribution in [-0.4, -0.2) is 11.0 Å². The van der Waals surface area contributed by atoms with Crippen molar-refractivity contribution >= 4 is 27.6 Å². The third kappa shape index (κ3) is 3.54. The number of ether oxygens (including phenoxy) is 1. The van der Waals surface area contributed by atoms with Crippen LogP contribution in [0.2, 0.25) is 0 Å². The van der Waals surface area contributed by atoms with Crippen LogP contribution in [0, 0.1) is 6.92 Å². The van der Waals surface area contributed by atoms with Gasteiger partial charge in [0.2, 0.25) is 0 Å². The van der Waals surface area contributed by atoms with E-state index in [1.165, 1.54) is 6.20 Å². The summed E-state index contributed by atoms with van der Waals surface area (Å²) in [5.74, 6) is -0.419. The number of halogens is 1. The molecule has 4 nitrogen and oxygen atoms in total. The molecule has 98 valence electrons. The van der Waals surface area contributed by atoms with E-state index >= 15 is 0 Å². The number of nitrogen functional groups attached to an aromatic ring is 1. The Hall–Kier alpha value is -1.88. The Morgan fingerprint density at radius 1 is 1.42 bits per heavy atom. The minimum absolute atomic E-state index is 0.215. The molecule has 0 spiro atoms. The van der Waals surface area contributed by atoms with Crippen molar-refractivity contribution in [1.82, 2.24) is 4.98 Å². The zero-order valence-electron chi connectivity index (χ0n) is 10.4. The first-order valence-electron chi connectivity index (χ1n) is 5.70. The summed E-state index contributed by atoms with van der Waals surface area (Å²) in [6, 6.07) is 9.17. The maximum Gasteiger partial charge on any atom is 0.340 e. The molecule has 0 bridgehead atoms. The summed E-state index contributed by atoms with van der Waals surface area (Å²) in [6.07, 6.45) is 1.51. The van der Waals surface area contributed by atoms with Crippen molar-refractivity contribution in [1.29, 1.82) is 0 Å². The molecule has 0 radical (unpaired) electrons. The first kappa shape index (κ1) is 13.5. The molecule has 0 saturated carbocycles. The van der Waals surface area contributed by atoms with Gasteiger partial charge in [-0.25, -0.2) is 4.79 Å². The normalized spacial score (nSPS) is 10.2. The van der Waals surface area contributed by atoms with Crippen LogP contribution in [0.3, 0.4) is 0 Å². The van der Waals surface area contributed by atoms with Gasteiger partial charge in [0.25, 0.3) is 0 Å². The highest BCUT2D eigenvalue weighted by Crippen LogP contribution is 2.15. The van der Waals surface area contributed by atoms with Crippen molar-refractivity contribution in [2.24, 2.45) is 0 Å². The standard InChI is InChI=1S/C14H13BrN2O2/c1-9-13(6-12(16)7-17-9)14(18)19-8-10-3-2-4-11(15)5-10/h2-7H,8,16H2,1H3. The molecule has 5 heteroatoms. The molecule has 2 rings (SSSR count). The van der Waals surface area contributed by atoms with Gasteiger partial charge in [-0.3, -0.25) is 4.98 Å². The van der Waals surface area contributed by atoms with Crippen LogP contribution in [0.5, 0.6) is 0 Å². The van der Waals surface area contributed by atoms with Crippen LogP contribution in [0.25, 0.3) is 0 Å². The van der Waals surface area contributed by atoms with Crippen molar-refractivity contribution in [2.75, 3.05) is 5.73 Å². The molecule has 0 aliphatic rings. The number of pyridine rings is 1. The minimum Gasteiger partial charge on any atom is -0.457 e. The van der Waals surface area contributed by atoms with E-state index in [1.807, 2.05) is 24.3 Å². The molecule has 1 heterocycles. The molecule has 1 aromatic heterocycles. The lowest BCUT2D eigenvalue weighted by atomic mass is 10.2. The van der Waals surface area contributed by atoms with E-state index in [1.54, 1.807) is 13.0 Å². The number of hydrogen-bond donors (Lipinski definition) is 1. The largest absolute Gasteiger partial charge is 0.457 e. The highest BCUT2D eigenvalue weighted by Gasteiger charge is 2.12. The van der Waals surface area contributed by atoms with E-state index in [0.717, 1.165) is 10.0 Å². The summed E-state index contributed by atoms with van der Waals surface area (Å²) in [5.41, 5.74) is 7.98. The lowest BCUT2D eigenvalue weighted by Gasteiger charge is -2.07. The molecular formula is C14H13BrN2O2. The zero-order chi connectivity index (χ0) is 13.8. The van der Waals surface area contributed by atoms with Gasteiger partial charge in [-0.1, -0.05) is 28.1 Å². The van der Waals surface area contributed by atoms with Crippen LogP contribution in [-0.2, 0) is 11.3 Å². The second-order valence-electron chi connectivity index (χ2n) is 4.11. The molecule has 1 aromatic carbocycles. The average Bonchev–Trinajstić information content (AvgIpc) is 2.39. The number of anilines is 1. The second-order valence-corrected chi connectivity index (χ2v) is 5.02. The number of esters is 1. The molecular weight excluding hydrogens is 308 g/mol. The van der Waals surface area contributed by atoms with Crippen molar-refractivity contribution in [3.63, 3.8) is 0 Å². The maximum atomic E-state index is 11.9. The van der Waals surface area contributed by atoms with Gasteiger partial charge in [-0.15, -0.1) is 0 Å². The van der Waals surface area contributed by atoms with E-state index in [-0.39, 0.29) is 6.61 Å². The molecule has 0 fully saturated rings. The van der Waals surface area contributed by atoms with Gasteiger partial charge in [-0.2, -0.15) is 0 Å². The van der Waals surface area contributed by atoms with Crippen molar-refractivity contribution in [3.05, 3.63) is 57.8 Å². The van der Waals surface area contributed by atoms with E-state index in [4.69, 9.17) is 10.5 Å². The van der Waals surface area contributed by atoms with Gasteiger partial charge >= 0.3 is 5.97 Å². The Kier molecular flexibility index (Phi) is 4.16. The van der Waals surface area contributed by atoms with Gasteiger partial charge in [0.05, 0.1) is 23.1 Å². The second kappa shape index (κ2) is 5.84. The lowest BCUT2D eigenvalue weighted by molar-refractivity contribution is 0.0471. The van der Waals surface area contributed by atoms with Crippen LogP contribution < -0.4 is 5.73 Å². The summed E-state index contributed by atoms with van der Waals surface area (Å²) in [7, 11) is 0. The van der Waals surface area contributed by atoms with Crippen LogP contribution >= 0.6 is 15.9 Å². The fourth-order valence-corrected chi connectivity index (χ4v) is 2.06. The molecule has 0 amide bonds. The Balaban J connectivity index is 2.07. The van der Waals surface area contributed by atoms with E-state index in [0.29, 0.717) is 16.9 Å². The summed E-state index contributed by atoms with van der Waals surface area (Å²) >= 11 is 3.37. The third-order valence-electron chi connectivity index (χ3n) is 2.59. The Morgan fingerprint density at radius 2 is 2.21 bits per heavy atom. The summed E-state index contributed by atoms with van der Waals surface area (Å²) < 4.78 is 6.20. The molecule has 0 atom stereocenters. The van der Waals surface area contributed by atoms with Gasteiger partial charge in [0.15, 0.2) is 0 Å². The van der Waals surface area contributed by atoms with Gasteiger partial charge in [0, 0.05) is 4.47 Å². The molecule has 0 unspecified atom stereocenters. The number of aryl methyl sites for hydroxylation is 1. The summed E-state index contributed by atoms with van der Waals surface area (Å²) in [5, 5.41) is 0. The average molecular weight is 321 g/mol. The topological polar surface area (TPSA) is 65.2 Å². The minimum atomic E-state index is -0.419. The lowest BCUT2D eigenvalue weighted by Crippen LogP contribution is -2.09. The first-order valence-corrected chi connectivity index (χ1v) is 6.49. The number of rotatable bonds is 3. The maximum absolute atomic E-state index is 11.9. The fraction of sp³-hybridized carbons (Fsp3) is 0.143. The number of benzene rings is 1. The van der Waals surface area contributed by atoms with Crippen molar-refractivity contribution in [3.8, 4) is 0 Å². The molecule has 0 aliphatic carbocycles. The number of aromatic nitrogens is 1. The number of carbonyl (C=O) groups excluding carboxylic acids is 1. The number of hydrogen-bond acceptors (Lipinski definition) is 4. The van der Waals surface area contributed by atoms with Crippen molar-refractivity contribution < 1.29 is 9.53 Å². The molecule has 2 N–H and O–H groups in total. The summed E-state index contributed by atoms with van der Waals surface area (Å²) in [6.45, 7) is 1.96. The van der Waals surface area contributed by atoms with Crippen LogP contribution in [0.4, 0.5) is 5.69 Å². The predicted molar refractivity (Wildman–Crippen MR) is 76.6 cm³/mol. The number of nitrogens with two attached hydrogens (primary N) is 1. The summed E-state index contributed by atoms with van der Waals surface area (Å²) in [4.78, 5) is 16.0. The highest BCUT2D eigenvalue weighted by molar-refractivity contribution is 9.10. The Labute approximate surface area is 119 Å². The quantitative estimate of drug-likeness (QED) is 0.882. The van der Waals surface area contributed by atoms with Crippen LogP contribution in [0.1, 0.15) is 21.6 Å². The highest BCUT2D eigenvalue weighted by atomic mass is 79.9. The number of carbonyl (C=O) groups is 1. The Bertz CT molecular complexity index is 614. The van der Waals surface area contributed by atoms with Gasteiger partial charge < -0.3 is 10.5 Å². The van der Waals surface area contributed by atoms with E-state index < -0.39 is 5.97 Å². The van der Waals surface area contributed by atoms with Crippen LogP contribution in [0.15, 0.2) is 41.0 Å². The van der Waals surface area contributed by atoms with Crippen molar-refractivity contribution in [2.45, 2.75) is 13.5 Å². The van der Waals surface area contributed by atoms with Gasteiger partial charge in [0.1, 0.15) is 6.61 Å². The third-order valence-corrected chi connectivity index (χ3v) is 3.08. The van der Waals surface area contributed by atoms with Gasteiger partial charge in [-0.05, 0) is 30.7 Å². The molecule has 0 aliphatic heterocycles. The molecule has 19 heavy (non-hydrogen) atoms. The first-order chi connectivity index (χ1) is 9.06. The van der Waals surface area contributed by atoms with E-state index in [2.05, 4.69) is 20.9 Å². The number of nitrogens with zero attached hydrogens (tertiary/aromatic N) is 1. The van der Waals surface area contributed by atoms with E-state index in [9.17, 15) is 4.79 Å². The molecule has 2 aromatic rings. The fourth-order valence-electron chi connectivity index (χ4n) is 1.61. The smallest absolute Gasteiger partial charge is 0.340 e.